The summed E-state index contributed by atoms with van der Waals surface area (Å²) in [7, 11) is 1.58. The maximum absolute atomic E-state index is 12.3. The molecule has 2 aliphatic rings. The van der Waals surface area contributed by atoms with Crippen LogP contribution in [0.25, 0.3) is 0 Å². The highest BCUT2D eigenvalue weighted by Crippen LogP contribution is 2.34. The minimum absolute atomic E-state index is 0.0597. The Morgan fingerprint density at radius 3 is 2.66 bits per heavy atom. The zero-order valence-corrected chi connectivity index (χ0v) is 17.9. The van der Waals surface area contributed by atoms with Gasteiger partial charge in [-0.3, -0.25) is 9.59 Å². The summed E-state index contributed by atoms with van der Waals surface area (Å²) < 4.78 is 5.10. The summed E-state index contributed by atoms with van der Waals surface area (Å²) >= 11 is 1.23. The van der Waals surface area contributed by atoms with Gasteiger partial charge in [-0.25, -0.2) is 0 Å². The zero-order valence-electron chi connectivity index (χ0n) is 17.1. The Labute approximate surface area is 175 Å². The Morgan fingerprint density at radius 2 is 2.00 bits per heavy atom. The molecule has 2 amide bonds. The number of hydrogen-bond donors (Lipinski definition) is 2. The van der Waals surface area contributed by atoms with Gasteiger partial charge in [0, 0.05) is 12.1 Å². The van der Waals surface area contributed by atoms with Crippen molar-refractivity contribution < 1.29 is 14.3 Å². The molecule has 0 aromatic heterocycles. The van der Waals surface area contributed by atoms with Crippen molar-refractivity contribution in [1.82, 2.24) is 5.32 Å². The number of anilines is 1. The van der Waals surface area contributed by atoms with Crippen molar-refractivity contribution in [2.75, 3.05) is 12.4 Å². The van der Waals surface area contributed by atoms with Crippen LogP contribution in [-0.2, 0) is 9.59 Å². The largest absolute Gasteiger partial charge is 0.497 e. The van der Waals surface area contributed by atoms with E-state index in [4.69, 9.17) is 4.74 Å². The fourth-order valence-corrected chi connectivity index (χ4v) is 4.43. The summed E-state index contributed by atoms with van der Waals surface area (Å²) in [4.78, 5) is 24.5. The van der Waals surface area contributed by atoms with Crippen molar-refractivity contribution in [3.8, 4) is 5.75 Å². The van der Waals surface area contributed by atoms with Gasteiger partial charge in [0.1, 0.15) is 11.0 Å². The molecule has 1 aromatic carbocycles. The summed E-state index contributed by atoms with van der Waals surface area (Å²) in [6.07, 6.45) is 3.99. The molecule has 3 rings (SSSR count). The first-order valence-corrected chi connectivity index (χ1v) is 10.4. The van der Waals surface area contributed by atoms with E-state index in [1.807, 2.05) is 0 Å². The molecular formula is C21H26N4O3S. The lowest BCUT2D eigenvalue weighted by atomic mass is 9.77. The standard InChI is InChI=1S/C21H26N4O3S/c1-13-9-15(12-21(2,3)11-13)24-25-20-23-19(27)17(29-20)10-18(26)22-14-5-7-16(28-4)8-6-14/h5-9,17H,10-12H2,1-4H3,(H,22,26)(H,23,25,27)/t17-/m0/s1. The van der Waals surface area contributed by atoms with E-state index in [9.17, 15) is 9.59 Å². The van der Waals surface area contributed by atoms with Crippen LogP contribution >= 0.6 is 11.8 Å². The number of carbonyl (C=O) groups excluding carboxylic acids is 2. The van der Waals surface area contributed by atoms with E-state index >= 15 is 0 Å². The third-order valence-electron chi connectivity index (χ3n) is 4.62. The SMILES string of the molecule is COc1ccc(NC(=O)C[C@@H]2SC(=NN=C3C=C(C)CC(C)(C)C3)NC2=O)cc1. The minimum atomic E-state index is -0.521. The molecule has 2 N–H and O–H groups in total. The molecule has 0 bridgehead atoms. The van der Waals surface area contributed by atoms with Crippen molar-refractivity contribution in [3.63, 3.8) is 0 Å². The summed E-state index contributed by atoms with van der Waals surface area (Å²) in [6.45, 7) is 6.50. The van der Waals surface area contributed by atoms with Gasteiger partial charge in [-0.15, -0.1) is 5.10 Å². The maximum Gasteiger partial charge on any atom is 0.240 e. The Balaban J connectivity index is 1.58. The number of thioether (sulfide) groups is 1. The van der Waals surface area contributed by atoms with Gasteiger partial charge in [0.15, 0.2) is 5.17 Å². The number of hydrogen-bond acceptors (Lipinski definition) is 6. The van der Waals surface area contributed by atoms with Crippen LogP contribution in [0.1, 0.15) is 40.0 Å². The summed E-state index contributed by atoms with van der Waals surface area (Å²) in [5.41, 5.74) is 2.99. The van der Waals surface area contributed by atoms with E-state index in [1.165, 1.54) is 17.3 Å². The predicted molar refractivity (Wildman–Crippen MR) is 117 cm³/mol. The molecule has 1 aromatic rings. The highest BCUT2D eigenvalue weighted by Gasteiger charge is 2.32. The lowest BCUT2D eigenvalue weighted by molar-refractivity contribution is -0.122. The molecule has 29 heavy (non-hydrogen) atoms. The number of ether oxygens (including phenoxy) is 1. The van der Waals surface area contributed by atoms with Crippen LogP contribution in [0.15, 0.2) is 46.1 Å². The Bertz CT molecular complexity index is 888. The smallest absolute Gasteiger partial charge is 0.240 e. The van der Waals surface area contributed by atoms with Crippen molar-refractivity contribution in [2.24, 2.45) is 15.6 Å². The molecule has 8 heteroatoms. The van der Waals surface area contributed by atoms with E-state index < -0.39 is 5.25 Å². The Hall–Kier alpha value is -2.61. The predicted octanol–water partition coefficient (Wildman–Crippen LogP) is 3.73. The molecule has 1 atom stereocenters. The first kappa shape index (κ1) is 21.1. The topological polar surface area (TPSA) is 92.2 Å². The van der Waals surface area contributed by atoms with E-state index in [1.54, 1.807) is 31.4 Å². The van der Waals surface area contributed by atoms with Crippen LogP contribution in [0.2, 0.25) is 0 Å². The normalized spacial score (nSPS) is 23.7. The van der Waals surface area contributed by atoms with Gasteiger partial charge in [0.2, 0.25) is 11.8 Å². The minimum Gasteiger partial charge on any atom is -0.497 e. The molecule has 0 spiro atoms. The van der Waals surface area contributed by atoms with Gasteiger partial charge in [-0.2, -0.15) is 5.10 Å². The first-order valence-electron chi connectivity index (χ1n) is 9.47. The van der Waals surface area contributed by atoms with Crippen LogP contribution in [0, 0.1) is 5.41 Å². The fourth-order valence-electron chi connectivity index (χ4n) is 3.51. The van der Waals surface area contributed by atoms with Gasteiger partial charge in [0.05, 0.1) is 12.8 Å². The first-order chi connectivity index (χ1) is 13.7. The van der Waals surface area contributed by atoms with E-state index in [0.717, 1.165) is 18.6 Å². The maximum atomic E-state index is 12.3. The van der Waals surface area contributed by atoms with Crippen molar-refractivity contribution in [2.45, 2.75) is 45.3 Å². The number of methoxy groups -OCH3 is 1. The van der Waals surface area contributed by atoms with Crippen molar-refractivity contribution in [3.05, 3.63) is 35.9 Å². The molecule has 1 heterocycles. The van der Waals surface area contributed by atoms with E-state index in [2.05, 4.69) is 47.7 Å². The Morgan fingerprint density at radius 1 is 1.28 bits per heavy atom. The number of allylic oxidation sites excluding steroid dienone is 2. The fraction of sp³-hybridized carbons (Fsp3) is 0.429. The number of amidine groups is 1. The molecule has 7 nitrogen and oxygen atoms in total. The quantitative estimate of drug-likeness (QED) is 0.718. The van der Waals surface area contributed by atoms with Crippen LogP contribution in [0.5, 0.6) is 5.75 Å². The number of carbonyl (C=O) groups is 2. The van der Waals surface area contributed by atoms with Gasteiger partial charge >= 0.3 is 0 Å². The highest BCUT2D eigenvalue weighted by atomic mass is 32.2. The number of nitrogens with zero attached hydrogens (tertiary/aromatic N) is 2. The van der Waals surface area contributed by atoms with Crippen LogP contribution in [-0.4, -0.2) is 35.1 Å². The summed E-state index contributed by atoms with van der Waals surface area (Å²) in [5.74, 6) is 0.250. The van der Waals surface area contributed by atoms with Crippen LogP contribution in [0.3, 0.4) is 0 Å². The number of rotatable bonds is 5. The lowest BCUT2D eigenvalue weighted by Crippen LogP contribution is -2.28. The number of nitrogens with one attached hydrogen (secondary N) is 2. The Kier molecular flexibility index (Phi) is 6.42. The van der Waals surface area contributed by atoms with E-state index in [-0.39, 0.29) is 23.7 Å². The second-order valence-electron chi connectivity index (χ2n) is 8.08. The molecule has 1 fully saturated rings. The summed E-state index contributed by atoms with van der Waals surface area (Å²) in [6, 6.07) is 7.03. The molecule has 154 valence electrons. The van der Waals surface area contributed by atoms with Crippen LogP contribution in [0.4, 0.5) is 5.69 Å². The van der Waals surface area contributed by atoms with Crippen molar-refractivity contribution >= 4 is 40.1 Å². The summed E-state index contributed by atoms with van der Waals surface area (Å²) in [5, 5.41) is 13.9. The molecule has 0 saturated carbocycles. The van der Waals surface area contributed by atoms with Crippen LogP contribution < -0.4 is 15.4 Å². The average Bonchev–Trinajstić information content (AvgIpc) is 2.98. The molecule has 1 saturated heterocycles. The third-order valence-corrected chi connectivity index (χ3v) is 5.69. The van der Waals surface area contributed by atoms with Gasteiger partial charge < -0.3 is 15.4 Å². The molecular weight excluding hydrogens is 388 g/mol. The third kappa shape index (κ3) is 5.93. The number of amides is 2. The molecule has 1 aliphatic carbocycles. The van der Waals surface area contributed by atoms with E-state index in [0.29, 0.717) is 16.6 Å². The highest BCUT2D eigenvalue weighted by molar-refractivity contribution is 8.15. The second kappa shape index (κ2) is 8.82. The monoisotopic (exact) mass is 414 g/mol. The van der Waals surface area contributed by atoms with Gasteiger partial charge in [-0.1, -0.05) is 31.2 Å². The second-order valence-corrected chi connectivity index (χ2v) is 9.27. The molecule has 0 radical (unpaired) electrons. The zero-order chi connectivity index (χ0) is 21.0. The number of benzene rings is 1. The van der Waals surface area contributed by atoms with Gasteiger partial charge in [-0.05, 0) is 55.5 Å². The molecule has 1 aliphatic heterocycles. The van der Waals surface area contributed by atoms with Crippen molar-refractivity contribution in [1.29, 1.82) is 0 Å². The van der Waals surface area contributed by atoms with Gasteiger partial charge in [0.25, 0.3) is 0 Å². The molecule has 0 unspecified atom stereocenters. The lowest BCUT2D eigenvalue weighted by Gasteiger charge is -2.28. The average molecular weight is 415 g/mol.